The lowest BCUT2D eigenvalue weighted by molar-refractivity contribution is 0.0921. The van der Waals surface area contributed by atoms with Crippen LogP contribution in [0.1, 0.15) is 79.4 Å². The first-order valence-electron chi connectivity index (χ1n) is 12.2. The van der Waals surface area contributed by atoms with Crippen LogP contribution in [-0.4, -0.2) is 36.2 Å². The smallest absolute Gasteiger partial charge is 0.293 e. The second-order valence-electron chi connectivity index (χ2n) is 10.2. The standard InChI is InChI=1S/C26H30N8O2/c1-15-21(14-28-33-15)31-25-27-12-11-19(30-25)17-9-10-18-16(13-17)7-5-6-8-20(18)29-23(35)22-32-24(36-34-22)26(2,3)4/h9-14,20H,5-8H2,1-4H3,(H,28,33)(H,29,35)(H,27,30,31). The minimum absolute atomic E-state index is 0.0659. The molecule has 5 rings (SSSR count). The van der Waals surface area contributed by atoms with Crippen molar-refractivity contribution in [3.05, 3.63) is 65.2 Å². The van der Waals surface area contributed by atoms with Gasteiger partial charge in [0.05, 0.1) is 29.3 Å². The molecule has 1 unspecified atom stereocenters. The number of nitrogens with zero attached hydrogens (tertiary/aromatic N) is 5. The first-order chi connectivity index (χ1) is 17.3. The van der Waals surface area contributed by atoms with Gasteiger partial charge in [0, 0.05) is 17.2 Å². The normalized spacial score (nSPS) is 15.7. The molecule has 0 bridgehead atoms. The number of anilines is 2. The molecule has 0 spiro atoms. The Kier molecular flexibility index (Phi) is 6.26. The third-order valence-corrected chi connectivity index (χ3v) is 6.31. The van der Waals surface area contributed by atoms with Gasteiger partial charge in [0.25, 0.3) is 11.7 Å². The van der Waals surface area contributed by atoms with Crippen molar-refractivity contribution < 1.29 is 9.32 Å². The number of aryl methyl sites for hydroxylation is 2. The minimum Gasteiger partial charge on any atom is -0.342 e. The lowest BCUT2D eigenvalue weighted by atomic mass is 9.95. The molecule has 0 aliphatic heterocycles. The molecular formula is C26H30N8O2. The van der Waals surface area contributed by atoms with E-state index in [1.54, 1.807) is 12.4 Å². The maximum absolute atomic E-state index is 12.9. The molecule has 0 saturated heterocycles. The van der Waals surface area contributed by atoms with Gasteiger partial charge in [-0.2, -0.15) is 10.1 Å². The largest absolute Gasteiger partial charge is 0.342 e. The van der Waals surface area contributed by atoms with Crippen molar-refractivity contribution in [3.8, 4) is 11.3 Å². The summed E-state index contributed by atoms with van der Waals surface area (Å²) in [6.45, 7) is 7.84. The molecule has 1 atom stereocenters. The van der Waals surface area contributed by atoms with Crippen molar-refractivity contribution in [2.75, 3.05) is 5.32 Å². The highest BCUT2D eigenvalue weighted by Gasteiger charge is 2.27. The van der Waals surface area contributed by atoms with Crippen LogP contribution in [0.5, 0.6) is 0 Å². The molecule has 0 saturated carbocycles. The number of aromatic amines is 1. The van der Waals surface area contributed by atoms with Crippen molar-refractivity contribution in [2.24, 2.45) is 0 Å². The molecular weight excluding hydrogens is 456 g/mol. The number of H-pyrrole nitrogens is 1. The van der Waals surface area contributed by atoms with Crippen LogP contribution in [0.4, 0.5) is 11.6 Å². The van der Waals surface area contributed by atoms with Gasteiger partial charge in [0.15, 0.2) is 0 Å². The van der Waals surface area contributed by atoms with E-state index in [0.717, 1.165) is 53.9 Å². The predicted octanol–water partition coefficient (Wildman–Crippen LogP) is 4.80. The van der Waals surface area contributed by atoms with Gasteiger partial charge in [-0.1, -0.05) is 44.5 Å². The molecule has 1 aliphatic rings. The van der Waals surface area contributed by atoms with Crippen molar-refractivity contribution in [2.45, 2.75) is 64.8 Å². The highest BCUT2D eigenvalue weighted by Crippen LogP contribution is 2.32. The number of hydrogen-bond acceptors (Lipinski definition) is 8. The van der Waals surface area contributed by atoms with Crippen LogP contribution in [0.3, 0.4) is 0 Å². The molecule has 1 aromatic carbocycles. The highest BCUT2D eigenvalue weighted by atomic mass is 16.5. The van der Waals surface area contributed by atoms with Crippen LogP contribution in [0, 0.1) is 6.92 Å². The van der Waals surface area contributed by atoms with Crippen molar-refractivity contribution in [1.82, 2.24) is 35.6 Å². The van der Waals surface area contributed by atoms with E-state index in [-0.39, 0.29) is 23.2 Å². The number of nitrogens with one attached hydrogen (secondary N) is 3. The van der Waals surface area contributed by atoms with Crippen LogP contribution < -0.4 is 10.6 Å². The first-order valence-corrected chi connectivity index (χ1v) is 12.2. The van der Waals surface area contributed by atoms with E-state index in [9.17, 15) is 4.79 Å². The van der Waals surface area contributed by atoms with E-state index in [2.05, 4.69) is 48.1 Å². The van der Waals surface area contributed by atoms with Gasteiger partial charge in [-0.3, -0.25) is 9.89 Å². The predicted molar refractivity (Wildman–Crippen MR) is 135 cm³/mol. The molecule has 3 aromatic heterocycles. The van der Waals surface area contributed by atoms with Crippen molar-refractivity contribution in [3.63, 3.8) is 0 Å². The third-order valence-electron chi connectivity index (χ3n) is 6.31. The SMILES string of the molecule is Cc1[nH]ncc1Nc1nccc(-c2ccc3c(c2)CCCCC3NC(=O)c2noc(C(C)(C)C)n2)n1. The first kappa shape index (κ1) is 23.7. The third kappa shape index (κ3) is 4.98. The fourth-order valence-corrected chi connectivity index (χ4v) is 4.31. The van der Waals surface area contributed by atoms with Gasteiger partial charge in [-0.15, -0.1) is 0 Å². The van der Waals surface area contributed by atoms with E-state index in [0.29, 0.717) is 11.8 Å². The Balaban J connectivity index is 1.37. The average Bonchev–Trinajstić information content (AvgIpc) is 3.46. The number of carbonyl (C=O) groups is 1. The average molecular weight is 487 g/mol. The molecule has 10 heteroatoms. The summed E-state index contributed by atoms with van der Waals surface area (Å²) in [7, 11) is 0. The fourth-order valence-electron chi connectivity index (χ4n) is 4.31. The van der Waals surface area contributed by atoms with Gasteiger partial charge >= 0.3 is 0 Å². The second-order valence-corrected chi connectivity index (χ2v) is 10.2. The number of aromatic nitrogens is 6. The van der Waals surface area contributed by atoms with E-state index in [4.69, 9.17) is 9.51 Å². The monoisotopic (exact) mass is 486 g/mol. The van der Waals surface area contributed by atoms with Gasteiger partial charge in [-0.25, -0.2) is 9.97 Å². The maximum Gasteiger partial charge on any atom is 0.293 e. The number of amides is 1. The van der Waals surface area contributed by atoms with Crippen LogP contribution in [0.25, 0.3) is 11.3 Å². The van der Waals surface area contributed by atoms with Crippen molar-refractivity contribution >= 4 is 17.5 Å². The Morgan fingerprint density at radius 3 is 2.78 bits per heavy atom. The summed E-state index contributed by atoms with van der Waals surface area (Å²) in [5, 5.41) is 17.2. The van der Waals surface area contributed by atoms with E-state index in [1.165, 1.54) is 5.56 Å². The van der Waals surface area contributed by atoms with E-state index >= 15 is 0 Å². The van der Waals surface area contributed by atoms with Gasteiger partial charge in [0.1, 0.15) is 0 Å². The Bertz CT molecular complexity index is 1380. The number of hydrogen-bond donors (Lipinski definition) is 3. The van der Waals surface area contributed by atoms with Crippen LogP contribution in [0.15, 0.2) is 41.2 Å². The number of carbonyl (C=O) groups excluding carboxylic acids is 1. The highest BCUT2D eigenvalue weighted by molar-refractivity contribution is 5.90. The summed E-state index contributed by atoms with van der Waals surface area (Å²) in [4.78, 5) is 26.3. The van der Waals surface area contributed by atoms with Crippen LogP contribution in [0.2, 0.25) is 0 Å². The lowest BCUT2D eigenvalue weighted by Gasteiger charge is -2.19. The van der Waals surface area contributed by atoms with Crippen LogP contribution >= 0.6 is 0 Å². The maximum atomic E-state index is 12.9. The Morgan fingerprint density at radius 2 is 2.03 bits per heavy atom. The Morgan fingerprint density at radius 1 is 1.17 bits per heavy atom. The Labute approximate surface area is 209 Å². The lowest BCUT2D eigenvalue weighted by Crippen LogP contribution is -2.29. The van der Waals surface area contributed by atoms with E-state index in [1.807, 2.05) is 39.8 Å². The molecule has 4 aromatic rings. The molecule has 3 heterocycles. The van der Waals surface area contributed by atoms with Gasteiger partial charge in [-0.05, 0) is 49.4 Å². The molecule has 3 N–H and O–H groups in total. The van der Waals surface area contributed by atoms with Gasteiger partial charge < -0.3 is 15.2 Å². The summed E-state index contributed by atoms with van der Waals surface area (Å²) < 4.78 is 5.30. The second kappa shape index (κ2) is 9.52. The zero-order valence-electron chi connectivity index (χ0n) is 20.9. The minimum atomic E-state index is -0.322. The van der Waals surface area contributed by atoms with Crippen molar-refractivity contribution in [1.29, 1.82) is 0 Å². The molecule has 0 fully saturated rings. The molecule has 186 valence electrons. The molecule has 0 radical (unpaired) electrons. The molecule has 10 nitrogen and oxygen atoms in total. The fraction of sp³-hybridized carbons (Fsp3) is 0.385. The summed E-state index contributed by atoms with van der Waals surface area (Å²) in [5.74, 6) is 0.695. The van der Waals surface area contributed by atoms with Gasteiger partial charge in [0.2, 0.25) is 11.8 Å². The summed E-state index contributed by atoms with van der Waals surface area (Å²) >= 11 is 0. The van der Waals surface area contributed by atoms with E-state index < -0.39 is 0 Å². The summed E-state index contributed by atoms with van der Waals surface area (Å²) in [6.07, 6.45) is 7.31. The number of fused-ring (bicyclic) bond motifs is 1. The topological polar surface area (TPSA) is 135 Å². The zero-order valence-corrected chi connectivity index (χ0v) is 20.9. The zero-order chi connectivity index (χ0) is 25.3. The Hall–Kier alpha value is -4.08. The summed E-state index contributed by atoms with van der Waals surface area (Å²) in [5.41, 5.74) is 5.58. The number of rotatable bonds is 5. The quantitative estimate of drug-likeness (QED) is 0.343. The number of benzene rings is 1. The van der Waals surface area contributed by atoms with Crippen LogP contribution in [-0.2, 0) is 11.8 Å². The molecule has 1 aliphatic carbocycles. The molecule has 1 amide bonds. The molecule has 36 heavy (non-hydrogen) atoms. The summed E-state index contributed by atoms with van der Waals surface area (Å²) in [6, 6.07) is 8.08.